The van der Waals surface area contributed by atoms with Crippen LogP contribution < -0.4 is 5.73 Å². The van der Waals surface area contributed by atoms with E-state index in [1.807, 2.05) is 0 Å². The molecule has 0 heterocycles. The average molecular weight is 311 g/mol. The summed E-state index contributed by atoms with van der Waals surface area (Å²) in [6, 6.07) is 1.43. The Morgan fingerprint density at radius 1 is 1.53 bits per heavy atom. The molecule has 0 saturated heterocycles. The van der Waals surface area contributed by atoms with E-state index < -0.39 is 5.91 Å². The Morgan fingerprint density at radius 2 is 2.13 bits per heavy atom. The second-order valence-corrected chi connectivity index (χ2v) is 4.24. The molecule has 1 aromatic rings. The molecule has 0 aromatic heterocycles. The van der Waals surface area contributed by atoms with Crippen molar-refractivity contribution in [2.75, 3.05) is 0 Å². The van der Waals surface area contributed by atoms with Gasteiger partial charge in [0.05, 0.1) is 14.5 Å². The first-order chi connectivity index (χ1) is 6.93. The molecule has 0 saturated carbocycles. The van der Waals surface area contributed by atoms with Crippen LogP contribution in [0.15, 0.2) is 16.6 Å². The number of rotatable bonds is 2. The van der Waals surface area contributed by atoms with Crippen molar-refractivity contribution in [3.63, 3.8) is 0 Å². The summed E-state index contributed by atoms with van der Waals surface area (Å²) in [6.07, 6.45) is 2.47. The summed E-state index contributed by atoms with van der Waals surface area (Å²) in [5.74, 6) is -0.710. The van der Waals surface area contributed by atoms with Gasteiger partial charge < -0.3 is 10.8 Å². The largest absolute Gasteiger partial charge is 0.506 e. The topological polar surface area (TPSA) is 63.3 Å². The van der Waals surface area contributed by atoms with Crippen LogP contribution >= 0.6 is 39.1 Å². The smallest absolute Gasteiger partial charge is 0.241 e. The highest BCUT2D eigenvalue weighted by Crippen LogP contribution is 2.40. The Bertz CT molecular complexity index is 446. The lowest BCUT2D eigenvalue weighted by molar-refractivity contribution is -0.113. The number of phenolic OH excluding ortho intramolecular Hbond substituents is 1. The molecular formula is C9H6BrCl2NO2. The van der Waals surface area contributed by atoms with Crippen molar-refractivity contribution in [1.29, 1.82) is 0 Å². The molecule has 0 aliphatic heterocycles. The minimum atomic E-state index is -0.614. The number of hydrogen-bond acceptors (Lipinski definition) is 2. The fraction of sp³-hybridized carbons (Fsp3) is 0. The average Bonchev–Trinajstić information content (AvgIpc) is 2.18. The van der Waals surface area contributed by atoms with Crippen LogP contribution in [0.25, 0.3) is 6.08 Å². The minimum absolute atomic E-state index is 0.0955. The zero-order valence-corrected chi connectivity index (χ0v) is 10.4. The third-order valence-corrected chi connectivity index (χ3v) is 3.38. The van der Waals surface area contributed by atoms with Gasteiger partial charge in [-0.3, -0.25) is 4.79 Å². The second-order valence-electron chi connectivity index (χ2n) is 2.66. The summed E-state index contributed by atoms with van der Waals surface area (Å²) in [5.41, 5.74) is 5.27. The molecule has 1 aromatic carbocycles. The van der Waals surface area contributed by atoms with Gasteiger partial charge in [-0.15, -0.1) is 0 Å². The fourth-order valence-corrected chi connectivity index (χ4v) is 1.82. The Labute approximate surface area is 105 Å². The molecule has 1 rings (SSSR count). The predicted molar refractivity (Wildman–Crippen MR) is 64.1 cm³/mol. The van der Waals surface area contributed by atoms with E-state index in [1.165, 1.54) is 12.1 Å². The predicted octanol–water partition coefficient (Wildman–Crippen LogP) is 2.96. The van der Waals surface area contributed by atoms with Crippen LogP contribution in [0, 0.1) is 0 Å². The Balaban J connectivity index is 3.26. The van der Waals surface area contributed by atoms with Crippen LogP contribution in [0.3, 0.4) is 0 Å². The highest BCUT2D eigenvalue weighted by Gasteiger charge is 2.11. The maximum Gasteiger partial charge on any atom is 0.241 e. The molecule has 3 N–H and O–H groups in total. The van der Waals surface area contributed by atoms with Crippen molar-refractivity contribution >= 4 is 51.1 Å². The molecule has 0 atom stereocenters. The number of carbonyl (C=O) groups excluding carboxylic acids is 1. The van der Waals surface area contributed by atoms with Crippen LogP contribution in [0.2, 0.25) is 10.0 Å². The number of primary amides is 1. The molecule has 0 bridgehead atoms. The summed E-state index contributed by atoms with van der Waals surface area (Å²) < 4.78 is 0.279. The van der Waals surface area contributed by atoms with Crippen molar-refractivity contribution in [2.45, 2.75) is 0 Å². The number of nitrogens with two attached hydrogens (primary N) is 1. The molecule has 0 fully saturated rings. The maximum atomic E-state index is 10.5. The number of aromatic hydroxyl groups is 1. The summed E-state index contributed by atoms with van der Waals surface area (Å²) >= 11 is 14.6. The molecular weight excluding hydrogens is 305 g/mol. The van der Waals surface area contributed by atoms with Gasteiger partial charge in [0.25, 0.3) is 0 Å². The summed E-state index contributed by atoms with van der Waals surface area (Å²) in [6.45, 7) is 0. The van der Waals surface area contributed by atoms with E-state index in [9.17, 15) is 9.90 Å². The lowest BCUT2D eigenvalue weighted by Crippen LogP contribution is -2.05. The molecule has 15 heavy (non-hydrogen) atoms. The third kappa shape index (κ3) is 2.87. The normalized spacial score (nSPS) is 10.9. The van der Waals surface area contributed by atoms with E-state index in [4.69, 9.17) is 28.9 Å². The van der Waals surface area contributed by atoms with Crippen molar-refractivity contribution in [3.05, 3.63) is 32.2 Å². The van der Waals surface area contributed by atoms with Gasteiger partial charge in [0, 0.05) is 11.6 Å². The highest BCUT2D eigenvalue weighted by molar-refractivity contribution is 9.10. The summed E-state index contributed by atoms with van der Waals surface area (Å²) in [5, 5.41) is 10.1. The van der Waals surface area contributed by atoms with Crippen molar-refractivity contribution < 1.29 is 9.90 Å². The van der Waals surface area contributed by atoms with E-state index in [-0.39, 0.29) is 20.3 Å². The molecule has 1 amide bonds. The van der Waals surface area contributed by atoms with Crippen LogP contribution in [0.4, 0.5) is 0 Å². The Kier molecular flexibility index (Phi) is 4.02. The summed E-state index contributed by atoms with van der Waals surface area (Å²) in [7, 11) is 0. The highest BCUT2D eigenvalue weighted by atomic mass is 79.9. The van der Waals surface area contributed by atoms with E-state index in [1.54, 1.807) is 0 Å². The van der Waals surface area contributed by atoms with E-state index in [0.29, 0.717) is 5.56 Å². The molecule has 0 radical (unpaired) electrons. The van der Waals surface area contributed by atoms with Crippen LogP contribution in [0.5, 0.6) is 5.75 Å². The molecule has 0 aliphatic rings. The third-order valence-electron chi connectivity index (χ3n) is 1.59. The maximum absolute atomic E-state index is 10.5. The Hall–Kier alpha value is -0.710. The first kappa shape index (κ1) is 12.4. The summed E-state index contributed by atoms with van der Waals surface area (Å²) in [4.78, 5) is 10.5. The quantitative estimate of drug-likeness (QED) is 0.651. The standard InChI is InChI=1S/C9H6BrCl2NO2/c10-7-8(12)5(11)3-4(9(7)15)1-2-6(13)14/h1-3,15H,(H2,13,14)/b2-1+. The van der Waals surface area contributed by atoms with Crippen LogP contribution in [-0.4, -0.2) is 11.0 Å². The van der Waals surface area contributed by atoms with Gasteiger partial charge in [0.15, 0.2) is 0 Å². The second kappa shape index (κ2) is 4.88. The van der Waals surface area contributed by atoms with E-state index in [0.717, 1.165) is 6.08 Å². The molecule has 80 valence electrons. The lowest BCUT2D eigenvalue weighted by atomic mass is 10.2. The van der Waals surface area contributed by atoms with Crippen molar-refractivity contribution in [3.8, 4) is 5.75 Å². The zero-order valence-electron chi connectivity index (χ0n) is 7.30. The number of hydrogen-bond donors (Lipinski definition) is 2. The number of phenols is 1. The Morgan fingerprint density at radius 3 is 2.67 bits per heavy atom. The van der Waals surface area contributed by atoms with Gasteiger partial charge in [0.1, 0.15) is 5.75 Å². The number of carbonyl (C=O) groups is 1. The monoisotopic (exact) mass is 309 g/mol. The molecule has 3 nitrogen and oxygen atoms in total. The minimum Gasteiger partial charge on any atom is -0.506 e. The fourth-order valence-electron chi connectivity index (χ4n) is 0.903. The van der Waals surface area contributed by atoms with E-state index in [2.05, 4.69) is 15.9 Å². The molecule has 0 spiro atoms. The van der Waals surface area contributed by atoms with Gasteiger partial charge in [-0.05, 0) is 28.1 Å². The molecule has 0 aliphatic carbocycles. The van der Waals surface area contributed by atoms with Gasteiger partial charge in [0.2, 0.25) is 5.91 Å². The molecule has 6 heteroatoms. The SMILES string of the molecule is NC(=O)/C=C/c1cc(Cl)c(Cl)c(Br)c1O. The van der Waals surface area contributed by atoms with Gasteiger partial charge in [-0.2, -0.15) is 0 Å². The first-order valence-corrected chi connectivity index (χ1v) is 5.32. The van der Waals surface area contributed by atoms with Crippen LogP contribution in [0.1, 0.15) is 5.56 Å². The lowest BCUT2D eigenvalue weighted by Gasteiger charge is -2.05. The van der Waals surface area contributed by atoms with Crippen molar-refractivity contribution in [1.82, 2.24) is 0 Å². The van der Waals surface area contributed by atoms with E-state index >= 15 is 0 Å². The van der Waals surface area contributed by atoms with Crippen LogP contribution in [-0.2, 0) is 4.79 Å². The number of amides is 1. The van der Waals surface area contributed by atoms with Gasteiger partial charge >= 0.3 is 0 Å². The van der Waals surface area contributed by atoms with Gasteiger partial charge in [-0.25, -0.2) is 0 Å². The van der Waals surface area contributed by atoms with Gasteiger partial charge in [-0.1, -0.05) is 23.2 Å². The first-order valence-electron chi connectivity index (χ1n) is 3.77. The zero-order chi connectivity index (χ0) is 11.6. The van der Waals surface area contributed by atoms with Crippen molar-refractivity contribution in [2.24, 2.45) is 5.73 Å². The molecule has 0 unspecified atom stereocenters. The number of benzene rings is 1. The number of halogens is 3.